The van der Waals surface area contributed by atoms with Crippen LogP contribution in [-0.4, -0.2) is 52.6 Å². The van der Waals surface area contributed by atoms with Gasteiger partial charge in [-0.15, -0.1) is 0 Å². The molecule has 0 aromatic carbocycles. The van der Waals surface area contributed by atoms with Crippen molar-refractivity contribution in [2.45, 2.75) is 72.6 Å². The number of hydrogen-bond donors (Lipinski definition) is 0. The molecular weight excluding hydrogens is 268 g/mol. The molecule has 1 heterocycles. The molecule has 5 nitrogen and oxygen atoms in total. The summed E-state index contributed by atoms with van der Waals surface area (Å²) in [6.07, 6.45) is 0.551. The minimum Gasteiger partial charge on any atom is -0.444 e. The van der Waals surface area contributed by atoms with Gasteiger partial charge in [0.05, 0.1) is 0 Å². The molecule has 5 heteroatoms. The lowest BCUT2D eigenvalue weighted by Crippen LogP contribution is -2.61. The molecule has 0 N–H and O–H groups in total. The molecule has 2 atom stereocenters. The number of amides is 2. The number of carbonyl (C=O) groups excluding carboxylic acids is 2. The molecule has 0 aromatic heterocycles. The van der Waals surface area contributed by atoms with Gasteiger partial charge in [0.2, 0.25) is 5.91 Å². The van der Waals surface area contributed by atoms with Gasteiger partial charge in [-0.2, -0.15) is 0 Å². The summed E-state index contributed by atoms with van der Waals surface area (Å²) in [7, 11) is 0. The molecule has 0 unspecified atom stereocenters. The molecule has 0 spiro atoms. The van der Waals surface area contributed by atoms with Crippen LogP contribution >= 0.6 is 0 Å². The molecule has 0 aromatic rings. The molecule has 122 valence electrons. The van der Waals surface area contributed by atoms with Crippen LogP contribution in [0.15, 0.2) is 0 Å². The standard InChI is InChI=1S/C16H30N2O3/c1-8-13-10-17(15(20)21-16(5,6)7)12(4)9-18(13)14(19)11(2)3/h11-13H,8-10H2,1-7H3/t12-,13+/m0/s1. The first-order chi connectivity index (χ1) is 9.56. The van der Waals surface area contributed by atoms with Crippen LogP contribution in [0, 0.1) is 5.92 Å². The zero-order chi connectivity index (χ0) is 16.4. The lowest BCUT2D eigenvalue weighted by atomic mass is 10.0. The highest BCUT2D eigenvalue weighted by molar-refractivity contribution is 5.79. The van der Waals surface area contributed by atoms with Gasteiger partial charge >= 0.3 is 6.09 Å². The maximum absolute atomic E-state index is 12.3. The summed E-state index contributed by atoms with van der Waals surface area (Å²) in [5, 5.41) is 0. The van der Waals surface area contributed by atoms with Gasteiger partial charge in [0, 0.05) is 31.1 Å². The number of nitrogens with zero attached hydrogens (tertiary/aromatic N) is 2. The fourth-order valence-electron chi connectivity index (χ4n) is 2.56. The highest BCUT2D eigenvalue weighted by Gasteiger charge is 2.37. The molecule has 1 fully saturated rings. The molecule has 0 radical (unpaired) electrons. The Balaban J connectivity index is 2.82. The lowest BCUT2D eigenvalue weighted by molar-refractivity contribution is -0.141. The zero-order valence-electron chi connectivity index (χ0n) is 14.5. The highest BCUT2D eigenvalue weighted by Crippen LogP contribution is 2.22. The van der Waals surface area contributed by atoms with Crippen LogP contribution < -0.4 is 0 Å². The molecule has 0 saturated carbocycles. The van der Waals surface area contributed by atoms with E-state index in [9.17, 15) is 9.59 Å². The van der Waals surface area contributed by atoms with Crippen molar-refractivity contribution in [1.82, 2.24) is 9.80 Å². The average molecular weight is 298 g/mol. The SMILES string of the molecule is CC[C@@H]1CN(C(=O)OC(C)(C)C)[C@@H](C)CN1C(=O)C(C)C. The normalized spacial score (nSPS) is 23.4. The van der Waals surface area contributed by atoms with E-state index in [2.05, 4.69) is 6.92 Å². The van der Waals surface area contributed by atoms with Gasteiger partial charge in [-0.1, -0.05) is 20.8 Å². The maximum atomic E-state index is 12.3. The molecule has 1 rings (SSSR count). The highest BCUT2D eigenvalue weighted by atomic mass is 16.6. The van der Waals surface area contributed by atoms with Crippen molar-refractivity contribution in [2.24, 2.45) is 5.92 Å². The van der Waals surface area contributed by atoms with Crippen molar-refractivity contribution in [3.8, 4) is 0 Å². The Labute approximate surface area is 128 Å². The summed E-state index contributed by atoms with van der Waals surface area (Å²) in [5.74, 6) is 0.150. The van der Waals surface area contributed by atoms with E-state index in [1.165, 1.54) is 0 Å². The van der Waals surface area contributed by atoms with E-state index in [4.69, 9.17) is 4.74 Å². The van der Waals surface area contributed by atoms with E-state index in [1.54, 1.807) is 4.90 Å². The topological polar surface area (TPSA) is 49.9 Å². The summed E-state index contributed by atoms with van der Waals surface area (Å²) < 4.78 is 5.47. The number of piperazine rings is 1. The first-order valence-corrected chi connectivity index (χ1v) is 7.87. The Kier molecular flexibility index (Phi) is 5.65. The van der Waals surface area contributed by atoms with Gasteiger partial charge in [0.25, 0.3) is 0 Å². The third kappa shape index (κ3) is 4.61. The quantitative estimate of drug-likeness (QED) is 0.787. The predicted octanol–water partition coefficient (Wildman–Crippen LogP) is 2.89. The van der Waals surface area contributed by atoms with Crippen molar-refractivity contribution >= 4 is 12.0 Å². The molecule has 1 aliphatic heterocycles. The number of hydrogen-bond acceptors (Lipinski definition) is 3. The van der Waals surface area contributed by atoms with E-state index in [0.717, 1.165) is 6.42 Å². The first-order valence-electron chi connectivity index (χ1n) is 7.87. The van der Waals surface area contributed by atoms with Crippen molar-refractivity contribution in [1.29, 1.82) is 0 Å². The van der Waals surface area contributed by atoms with E-state index >= 15 is 0 Å². The summed E-state index contributed by atoms with van der Waals surface area (Å²) in [6.45, 7) is 14.6. The minimum atomic E-state index is -0.497. The Hall–Kier alpha value is -1.26. The number of ether oxygens (including phenoxy) is 1. The Bertz CT molecular complexity index is 387. The van der Waals surface area contributed by atoms with E-state index < -0.39 is 5.60 Å². The minimum absolute atomic E-state index is 0.0145. The van der Waals surface area contributed by atoms with Crippen LogP contribution in [0.25, 0.3) is 0 Å². The fourth-order valence-corrected chi connectivity index (χ4v) is 2.56. The molecular formula is C16H30N2O3. The number of rotatable bonds is 2. The summed E-state index contributed by atoms with van der Waals surface area (Å²) >= 11 is 0. The van der Waals surface area contributed by atoms with Gasteiger partial charge in [-0.25, -0.2) is 4.79 Å². The van der Waals surface area contributed by atoms with Crippen molar-refractivity contribution in [2.75, 3.05) is 13.1 Å². The Morgan fingerprint density at radius 2 is 1.76 bits per heavy atom. The Morgan fingerprint density at radius 1 is 1.19 bits per heavy atom. The smallest absolute Gasteiger partial charge is 0.410 e. The van der Waals surface area contributed by atoms with Crippen LogP contribution in [0.3, 0.4) is 0 Å². The fraction of sp³-hybridized carbons (Fsp3) is 0.875. The molecule has 0 bridgehead atoms. The maximum Gasteiger partial charge on any atom is 0.410 e. The monoisotopic (exact) mass is 298 g/mol. The van der Waals surface area contributed by atoms with E-state index in [1.807, 2.05) is 46.4 Å². The second-order valence-electron chi connectivity index (χ2n) is 7.19. The van der Waals surface area contributed by atoms with Gasteiger partial charge in [0.1, 0.15) is 5.60 Å². The second kappa shape index (κ2) is 6.67. The zero-order valence-corrected chi connectivity index (χ0v) is 14.5. The summed E-state index contributed by atoms with van der Waals surface area (Å²) in [5.41, 5.74) is -0.497. The van der Waals surface area contributed by atoms with E-state index in [0.29, 0.717) is 13.1 Å². The molecule has 1 saturated heterocycles. The average Bonchev–Trinajstić information content (AvgIpc) is 2.35. The molecule has 2 amide bonds. The van der Waals surface area contributed by atoms with Crippen LogP contribution in [0.2, 0.25) is 0 Å². The van der Waals surface area contributed by atoms with Gasteiger partial charge < -0.3 is 14.5 Å². The lowest BCUT2D eigenvalue weighted by Gasteiger charge is -2.45. The first kappa shape index (κ1) is 17.8. The van der Waals surface area contributed by atoms with Crippen LogP contribution in [0.5, 0.6) is 0 Å². The predicted molar refractivity (Wildman–Crippen MR) is 83.0 cm³/mol. The molecule has 0 aliphatic carbocycles. The van der Waals surface area contributed by atoms with Crippen molar-refractivity contribution < 1.29 is 14.3 Å². The molecule has 1 aliphatic rings. The van der Waals surface area contributed by atoms with Gasteiger partial charge in [-0.05, 0) is 34.1 Å². The van der Waals surface area contributed by atoms with Crippen LogP contribution in [-0.2, 0) is 9.53 Å². The van der Waals surface area contributed by atoms with Gasteiger partial charge in [-0.3, -0.25) is 4.79 Å². The van der Waals surface area contributed by atoms with Gasteiger partial charge in [0.15, 0.2) is 0 Å². The van der Waals surface area contributed by atoms with Crippen molar-refractivity contribution in [3.63, 3.8) is 0 Å². The third-order valence-corrected chi connectivity index (χ3v) is 3.72. The van der Waals surface area contributed by atoms with Crippen LogP contribution in [0.1, 0.15) is 54.9 Å². The largest absolute Gasteiger partial charge is 0.444 e. The Morgan fingerprint density at radius 3 is 2.19 bits per heavy atom. The van der Waals surface area contributed by atoms with Crippen LogP contribution in [0.4, 0.5) is 4.79 Å². The van der Waals surface area contributed by atoms with E-state index in [-0.39, 0.29) is 30.0 Å². The second-order valence-corrected chi connectivity index (χ2v) is 7.19. The van der Waals surface area contributed by atoms with Crippen molar-refractivity contribution in [3.05, 3.63) is 0 Å². The summed E-state index contributed by atoms with van der Waals surface area (Å²) in [6, 6.07) is 0.0500. The third-order valence-electron chi connectivity index (χ3n) is 3.72. The molecule has 21 heavy (non-hydrogen) atoms. The number of carbonyl (C=O) groups is 2. The summed E-state index contributed by atoms with van der Waals surface area (Å²) in [4.78, 5) is 28.3.